The Hall–Kier alpha value is -5.22. The number of aromatic nitrogens is 2. The van der Waals surface area contributed by atoms with Crippen LogP contribution in [0.25, 0.3) is 15.7 Å². The predicted molar refractivity (Wildman–Crippen MR) is 144 cm³/mol. The van der Waals surface area contributed by atoms with Crippen LogP contribution in [0.5, 0.6) is 0 Å². The van der Waals surface area contributed by atoms with Gasteiger partial charge in [0.05, 0.1) is 12.1 Å². The zero-order valence-corrected chi connectivity index (χ0v) is 19.5. The standard InChI is InChI=1S/C29H22N6O/c1-19-3-6-24(33-22-11-14-31-15-12-22)18-28(19)35-29(36)20-4-7-21(8-5-20)34-27-13-16-32-26-10-9-23(30-2)17-25(26)27/h3-18H,1H3,(H,31,33)(H,32,34)(H,35,36). The predicted octanol–water partition coefficient (Wildman–Crippen LogP) is 7.23. The van der Waals surface area contributed by atoms with E-state index in [1.54, 1.807) is 36.8 Å². The van der Waals surface area contributed by atoms with E-state index in [0.717, 1.165) is 44.9 Å². The molecular weight excluding hydrogens is 448 g/mol. The van der Waals surface area contributed by atoms with Crippen molar-refractivity contribution >= 4 is 50.9 Å². The minimum absolute atomic E-state index is 0.193. The molecular formula is C29H22N6O. The van der Waals surface area contributed by atoms with Gasteiger partial charge in [-0.3, -0.25) is 14.8 Å². The summed E-state index contributed by atoms with van der Waals surface area (Å²) in [6.45, 7) is 9.23. The number of benzene rings is 3. The van der Waals surface area contributed by atoms with Crippen molar-refractivity contribution < 1.29 is 4.79 Å². The first-order valence-electron chi connectivity index (χ1n) is 11.3. The van der Waals surface area contributed by atoms with Crippen molar-refractivity contribution in [1.29, 1.82) is 0 Å². The molecule has 0 spiro atoms. The number of amides is 1. The second kappa shape index (κ2) is 9.95. The summed E-state index contributed by atoms with van der Waals surface area (Å²) >= 11 is 0. The number of carbonyl (C=O) groups excluding carboxylic acids is 1. The van der Waals surface area contributed by atoms with Crippen LogP contribution in [0.15, 0.2) is 97.5 Å². The number of nitrogens with one attached hydrogen (secondary N) is 3. The number of rotatable bonds is 6. The monoisotopic (exact) mass is 470 g/mol. The first kappa shape index (κ1) is 22.6. The van der Waals surface area contributed by atoms with Crippen LogP contribution in [-0.2, 0) is 0 Å². The molecule has 0 saturated heterocycles. The molecule has 174 valence electrons. The summed E-state index contributed by atoms with van der Waals surface area (Å²) in [5, 5.41) is 10.6. The van der Waals surface area contributed by atoms with Gasteiger partial charge in [-0.15, -0.1) is 0 Å². The molecule has 1 amide bonds. The molecule has 2 aromatic heterocycles. The molecule has 2 heterocycles. The molecule has 0 radical (unpaired) electrons. The number of hydrogen-bond donors (Lipinski definition) is 3. The number of pyridine rings is 2. The minimum Gasteiger partial charge on any atom is -0.355 e. The molecule has 0 unspecified atom stereocenters. The molecule has 3 N–H and O–H groups in total. The maximum Gasteiger partial charge on any atom is 0.255 e. The fourth-order valence-electron chi connectivity index (χ4n) is 3.80. The highest BCUT2D eigenvalue weighted by Gasteiger charge is 2.10. The van der Waals surface area contributed by atoms with Gasteiger partial charge in [0, 0.05) is 58.0 Å². The number of nitrogens with zero attached hydrogens (tertiary/aromatic N) is 3. The molecule has 0 atom stereocenters. The van der Waals surface area contributed by atoms with Crippen LogP contribution in [0.2, 0.25) is 0 Å². The van der Waals surface area contributed by atoms with Crippen molar-refractivity contribution in [3.8, 4) is 0 Å². The van der Waals surface area contributed by atoms with Crippen molar-refractivity contribution in [2.45, 2.75) is 6.92 Å². The van der Waals surface area contributed by atoms with Crippen LogP contribution in [0, 0.1) is 13.5 Å². The lowest BCUT2D eigenvalue weighted by atomic mass is 10.1. The molecule has 0 aliphatic rings. The van der Waals surface area contributed by atoms with Crippen LogP contribution in [-0.4, -0.2) is 15.9 Å². The maximum atomic E-state index is 13.0. The van der Waals surface area contributed by atoms with Crippen molar-refractivity contribution in [2.24, 2.45) is 0 Å². The third kappa shape index (κ3) is 4.98. The number of aryl methyl sites for hydroxylation is 1. The summed E-state index contributed by atoms with van der Waals surface area (Å²) in [4.78, 5) is 24.9. The summed E-state index contributed by atoms with van der Waals surface area (Å²) < 4.78 is 0. The van der Waals surface area contributed by atoms with Gasteiger partial charge < -0.3 is 16.0 Å². The van der Waals surface area contributed by atoms with Gasteiger partial charge in [-0.2, -0.15) is 0 Å². The summed E-state index contributed by atoms with van der Waals surface area (Å²) in [6, 6.07) is 24.2. The largest absolute Gasteiger partial charge is 0.355 e. The van der Waals surface area contributed by atoms with E-state index in [4.69, 9.17) is 6.57 Å². The van der Waals surface area contributed by atoms with Crippen molar-refractivity contribution in [3.63, 3.8) is 0 Å². The van der Waals surface area contributed by atoms with E-state index >= 15 is 0 Å². The average Bonchev–Trinajstić information content (AvgIpc) is 2.91. The number of hydrogen-bond acceptors (Lipinski definition) is 5. The molecule has 5 aromatic rings. The van der Waals surface area contributed by atoms with Crippen LogP contribution in [0.1, 0.15) is 15.9 Å². The van der Waals surface area contributed by atoms with E-state index in [1.165, 1.54) is 0 Å². The molecule has 0 fully saturated rings. The number of anilines is 5. The van der Waals surface area contributed by atoms with Crippen molar-refractivity contribution in [2.75, 3.05) is 16.0 Å². The zero-order chi connectivity index (χ0) is 24.9. The molecule has 7 heteroatoms. The maximum absolute atomic E-state index is 13.0. The molecule has 0 bridgehead atoms. The van der Waals surface area contributed by atoms with E-state index < -0.39 is 0 Å². The minimum atomic E-state index is -0.193. The number of fused-ring (bicyclic) bond motifs is 1. The molecule has 0 aliphatic heterocycles. The lowest BCUT2D eigenvalue weighted by Crippen LogP contribution is -2.13. The Morgan fingerprint density at radius 2 is 1.53 bits per heavy atom. The van der Waals surface area contributed by atoms with Crippen LogP contribution in [0.4, 0.5) is 34.1 Å². The fraction of sp³-hybridized carbons (Fsp3) is 0.0345. The molecule has 5 rings (SSSR count). The van der Waals surface area contributed by atoms with Gasteiger partial charge in [-0.25, -0.2) is 4.85 Å². The topological polar surface area (TPSA) is 83.3 Å². The highest BCUT2D eigenvalue weighted by molar-refractivity contribution is 6.05. The zero-order valence-electron chi connectivity index (χ0n) is 19.5. The van der Waals surface area contributed by atoms with E-state index in [9.17, 15) is 4.79 Å². The Bertz CT molecular complexity index is 1590. The Kier molecular flexibility index (Phi) is 6.24. The Morgan fingerprint density at radius 3 is 2.31 bits per heavy atom. The second-order valence-electron chi connectivity index (χ2n) is 8.22. The summed E-state index contributed by atoms with van der Waals surface area (Å²) in [5.74, 6) is -0.193. The highest BCUT2D eigenvalue weighted by atomic mass is 16.1. The fourth-order valence-corrected chi connectivity index (χ4v) is 3.80. The van der Waals surface area contributed by atoms with Gasteiger partial charge in [0.1, 0.15) is 0 Å². The SMILES string of the molecule is [C-]#[N+]c1ccc2nccc(Nc3ccc(C(=O)Nc4cc(Nc5ccncc5)ccc4C)cc3)c2c1. The molecule has 36 heavy (non-hydrogen) atoms. The third-order valence-corrected chi connectivity index (χ3v) is 5.74. The molecule has 0 aliphatic carbocycles. The van der Waals surface area contributed by atoms with Gasteiger partial charge in [0.2, 0.25) is 0 Å². The van der Waals surface area contributed by atoms with Gasteiger partial charge in [0.15, 0.2) is 5.69 Å². The lowest BCUT2D eigenvalue weighted by Gasteiger charge is -2.13. The third-order valence-electron chi connectivity index (χ3n) is 5.74. The highest BCUT2D eigenvalue weighted by Crippen LogP contribution is 2.29. The molecule has 7 nitrogen and oxygen atoms in total. The summed E-state index contributed by atoms with van der Waals surface area (Å²) in [6.07, 6.45) is 5.17. The van der Waals surface area contributed by atoms with E-state index in [-0.39, 0.29) is 5.91 Å². The second-order valence-corrected chi connectivity index (χ2v) is 8.22. The first-order chi connectivity index (χ1) is 17.6. The normalized spacial score (nSPS) is 10.4. The van der Waals surface area contributed by atoms with Crippen LogP contribution in [0.3, 0.4) is 0 Å². The van der Waals surface area contributed by atoms with Gasteiger partial charge >= 0.3 is 0 Å². The van der Waals surface area contributed by atoms with Crippen LogP contribution < -0.4 is 16.0 Å². The van der Waals surface area contributed by atoms with E-state index in [0.29, 0.717) is 11.3 Å². The Labute approximate surface area is 208 Å². The van der Waals surface area contributed by atoms with E-state index in [1.807, 2.05) is 67.6 Å². The Morgan fingerprint density at radius 1 is 0.778 bits per heavy atom. The summed E-state index contributed by atoms with van der Waals surface area (Å²) in [5.41, 5.74) is 7.06. The van der Waals surface area contributed by atoms with Crippen molar-refractivity contribution in [1.82, 2.24) is 9.97 Å². The van der Waals surface area contributed by atoms with Gasteiger partial charge in [-0.1, -0.05) is 12.1 Å². The van der Waals surface area contributed by atoms with Crippen LogP contribution >= 0.6 is 0 Å². The molecule has 3 aromatic carbocycles. The average molecular weight is 471 g/mol. The van der Waals surface area contributed by atoms with Crippen molar-refractivity contribution in [3.05, 3.63) is 120 Å². The lowest BCUT2D eigenvalue weighted by molar-refractivity contribution is 0.102. The van der Waals surface area contributed by atoms with Gasteiger partial charge in [-0.05, 0) is 79.2 Å². The number of carbonyl (C=O) groups is 1. The molecule has 0 saturated carbocycles. The smallest absolute Gasteiger partial charge is 0.255 e. The first-order valence-corrected chi connectivity index (χ1v) is 11.3. The summed E-state index contributed by atoms with van der Waals surface area (Å²) in [7, 11) is 0. The van der Waals surface area contributed by atoms with E-state index in [2.05, 4.69) is 30.8 Å². The quantitative estimate of drug-likeness (QED) is 0.228. The Balaban J connectivity index is 1.31. The van der Waals surface area contributed by atoms with Gasteiger partial charge in [0.25, 0.3) is 5.91 Å².